The number of hydrogen-bond donors (Lipinski definition) is 0. The van der Waals surface area contributed by atoms with E-state index in [1.54, 1.807) is 0 Å². The first-order chi connectivity index (χ1) is 10.5. The maximum absolute atomic E-state index is 13.5. The minimum absolute atomic E-state index is 0.0465. The number of nitrogens with zero attached hydrogens (tertiary/aromatic N) is 1. The number of thiophene rings is 1. The molecule has 2 nitrogen and oxygen atoms in total. The van der Waals surface area contributed by atoms with Gasteiger partial charge in [-0.2, -0.15) is 0 Å². The molecule has 1 aliphatic carbocycles. The van der Waals surface area contributed by atoms with Crippen LogP contribution in [0.3, 0.4) is 0 Å². The molecule has 1 aromatic rings. The molecular weight excluding hydrogens is 302 g/mol. The van der Waals surface area contributed by atoms with Gasteiger partial charge < -0.3 is 4.90 Å². The van der Waals surface area contributed by atoms with Gasteiger partial charge in [-0.15, -0.1) is 11.3 Å². The Kier molecular flexibility index (Phi) is 3.85. The molecule has 1 aromatic heterocycles. The Labute approximate surface area is 145 Å². The van der Waals surface area contributed by atoms with Gasteiger partial charge in [-0.1, -0.05) is 41.5 Å². The van der Waals surface area contributed by atoms with Gasteiger partial charge in [-0.3, -0.25) is 4.79 Å². The van der Waals surface area contributed by atoms with Crippen molar-refractivity contribution in [2.75, 3.05) is 20.1 Å². The van der Waals surface area contributed by atoms with E-state index in [1.807, 2.05) is 11.3 Å². The summed E-state index contributed by atoms with van der Waals surface area (Å²) in [4.78, 5) is 18.6. The van der Waals surface area contributed by atoms with Crippen molar-refractivity contribution >= 4 is 17.1 Å². The van der Waals surface area contributed by atoms with Crippen molar-refractivity contribution in [2.45, 2.75) is 71.6 Å². The summed E-state index contributed by atoms with van der Waals surface area (Å²) >= 11 is 1.90. The first-order valence-corrected chi connectivity index (χ1v) is 9.67. The van der Waals surface area contributed by atoms with Crippen LogP contribution in [0.4, 0.5) is 0 Å². The zero-order valence-corrected chi connectivity index (χ0v) is 16.6. The molecule has 3 rings (SSSR count). The Balaban J connectivity index is 2.12. The van der Waals surface area contributed by atoms with Crippen molar-refractivity contribution < 1.29 is 4.79 Å². The number of carbonyl (C=O) groups is 1. The van der Waals surface area contributed by atoms with E-state index in [9.17, 15) is 4.79 Å². The monoisotopic (exact) mass is 333 g/mol. The number of piperidine rings is 1. The molecule has 0 saturated carbocycles. The van der Waals surface area contributed by atoms with E-state index in [0.717, 1.165) is 37.9 Å². The molecule has 0 amide bonds. The lowest BCUT2D eigenvalue weighted by Crippen LogP contribution is -2.41. The van der Waals surface area contributed by atoms with Crippen LogP contribution in [0.15, 0.2) is 0 Å². The Bertz CT molecular complexity index is 634. The highest BCUT2D eigenvalue weighted by atomic mass is 32.1. The Morgan fingerprint density at radius 1 is 0.957 bits per heavy atom. The minimum atomic E-state index is -0.106. The van der Waals surface area contributed by atoms with Crippen LogP contribution < -0.4 is 0 Å². The summed E-state index contributed by atoms with van der Waals surface area (Å²) < 4.78 is 0. The number of Topliss-reactive ketones (excluding diaryl/α,β-unsaturated/α-hetero) is 1. The molecule has 1 saturated heterocycles. The number of likely N-dealkylation sites (tertiary alicyclic amines) is 1. The van der Waals surface area contributed by atoms with E-state index in [1.165, 1.54) is 15.3 Å². The summed E-state index contributed by atoms with van der Waals surface area (Å²) in [7, 11) is 2.17. The van der Waals surface area contributed by atoms with Gasteiger partial charge in [-0.25, -0.2) is 0 Å². The smallest absolute Gasteiger partial charge is 0.170 e. The second-order valence-electron chi connectivity index (χ2n) is 9.70. The molecule has 0 N–H and O–H groups in total. The topological polar surface area (TPSA) is 20.3 Å². The molecule has 1 aliphatic heterocycles. The van der Waals surface area contributed by atoms with Crippen molar-refractivity contribution in [1.29, 1.82) is 0 Å². The van der Waals surface area contributed by atoms with Crippen molar-refractivity contribution in [1.82, 2.24) is 4.90 Å². The van der Waals surface area contributed by atoms with Crippen molar-refractivity contribution in [2.24, 2.45) is 5.41 Å². The van der Waals surface area contributed by atoms with E-state index in [0.29, 0.717) is 5.78 Å². The average Bonchev–Trinajstić information content (AvgIpc) is 2.90. The van der Waals surface area contributed by atoms with Crippen LogP contribution in [0.2, 0.25) is 0 Å². The molecule has 23 heavy (non-hydrogen) atoms. The molecule has 3 heteroatoms. The quantitative estimate of drug-likeness (QED) is 0.680. The predicted octanol–water partition coefficient (Wildman–Crippen LogP) is 4.79. The van der Waals surface area contributed by atoms with Gasteiger partial charge in [0, 0.05) is 20.7 Å². The summed E-state index contributed by atoms with van der Waals surface area (Å²) in [6, 6.07) is 0. The molecule has 1 spiro atoms. The highest BCUT2D eigenvalue weighted by Crippen LogP contribution is 2.53. The summed E-state index contributed by atoms with van der Waals surface area (Å²) in [6.45, 7) is 15.7. The maximum Gasteiger partial charge on any atom is 0.170 e. The zero-order chi connectivity index (χ0) is 17.2. The average molecular weight is 334 g/mol. The SMILES string of the molecule is CN1CCC2(CC1)Cc1c(C(C)(C)C)sc(C(C)(C)C)c1C2=O. The molecule has 2 heterocycles. The van der Waals surface area contributed by atoms with Crippen LogP contribution in [0, 0.1) is 5.41 Å². The minimum Gasteiger partial charge on any atom is -0.306 e. The fourth-order valence-corrected chi connectivity index (χ4v) is 5.57. The highest BCUT2D eigenvalue weighted by molar-refractivity contribution is 7.13. The van der Waals surface area contributed by atoms with E-state index in [2.05, 4.69) is 53.5 Å². The number of rotatable bonds is 0. The summed E-state index contributed by atoms with van der Waals surface area (Å²) in [6.07, 6.45) is 3.03. The van der Waals surface area contributed by atoms with Crippen LogP contribution in [0.1, 0.15) is 80.1 Å². The molecule has 0 unspecified atom stereocenters. The molecule has 1 fully saturated rings. The fourth-order valence-electron chi connectivity index (χ4n) is 4.14. The standard InChI is InChI=1S/C20H31NOS/c1-18(2,3)16-13-12-20(8-10-21(7)11-9-20)15(22)14(13)17(23-16)19(4,5)6/h8-12H2,1-7H3. The van der Waals surface area contributed by atoms with Crippen LogP contribution in [-0.2, 0) is 17.3 Å². The molecule has 0 atom stereocenters. The Hall–Kier alpha value is -0.670. The fraction of sp³-hybridized carbons (Fsp3) is 0.750. The number of carbonyl (C=O) groups excluding carboxylic acids is 1. The maximum atomic E-state index is 13.5. The van der Waals surface area contributed by atoms with E-state index >= 15 is 0 Å². The van der Waals surface area contributed by atoms with E-state index in [-0.39, 0.29) is 16.2 Å². The third-order valence-corrected chi connectivity index (χ3v) is 7.62. The normalized spacial score (nSPS) is 22.0. The second kappa shape index (κ2) is 5.16. The van der Waals surface area contributed by atoms with Gasteiger partial charge in [0.2, 0.25) is 0 Å². The van der Waals surface area contributed by atoms with Crippen LogP contribution in [-0.4, -0.2) is 30.8 Å². The molecule has 0 bridgehead atoms. The summed E-state index contributed by atoms with van der Waals surface area (Å²) in [5.41, 5.74) is 2.56. The van der Waals surface area contributed by atoms with Crippen molar-refractivity contribution in [3.8, 4) is 0 Å². The first kappa shape index (κ1) is 17.2. The van der Waals surface area contributed by atoms with Gasteiger partial charge in [0.05, 0.1) is 0 Å². The summed E-state index contributed by atoms with van der Waals surface area (Å²) in [5.74, 6) is 0.456. The Morgan fingerprint density at radius 3 is 1.96 bits per heavy atom. The van der Waals surface area contributed by atoms with Crippen LogP contribution in [0.25, 0.3) is 0 Å². The highest BCUT2D eigenvalue weighted by Gasteiger charge is 2.51. The third kappa shape index (κ3) is 2.70. The van der Waals surface area contributed by atoms with Gasteiger partial charge in [0.1, 0.15) is 0 Å². The molecule has 2 aliphatic rings. The molecular formula is C20H31NOS. The van der Waals surface area contributed by atoms with Crippen LogP contribution in [0.5, 0.6) is 0 Å². The van der Waals surface area contributed by atoms with Crippen molar-refractivity contribution in [3.05, 3.63) is 20.9 Å². The van der Waals surface area contributed by atoms with E-state index in [4.69, 9.17) is 0 Å². The van der Waals surface area contributed by atoms with Gasteiger partial charge >= 0.3 is 0 Å². The van der Waals surface area contributed by atoms with Gasteiger partial charge in [0.15, 0.2) is 5.78 Å². The van der Waals surface area contributed by atoms with Crippen LogP contribution >= 0.6 is 11.3 Å². The van der Waals surface area contributed by atoms with Crippen molar-refractivity contribution in [3.63, 3.8) is 0 Å². The van der Waals surface area contributed by atoms with Gasteiger partial charge in [0.25, 0.3) is 0 Å². The summed E-state index contributed by atoms with van der Waals surface area (Å²) in [5, 5.41) is 0. The predicted molar refractivity (Wildman–Crippen MR) is 98.9 cm³/mol. The number of ketones is 1. The number of fused-ring (bicyclic) bond motifs is 1. The van der Waals surface area contributed by atoms with Gasteiger partial charge in [-0.05, 0) is 55.8 Å². The lowest BCUT2D eigenvalue weighted by atomic mass is 9.74. The molecule has 0 aromatic carbocycles. The zero-order valence-electron chi connectivity index (χ0n) is 15.8. The lowest BCUT2D eigenvalue weighted by molar-refractivity contribution is 0.0669. The lowest BCUT2D eigenvalue weighted by Gasteiger charge is -2.37. The largest absolute Gasteiger partial charge is 0.306 e. The molecule has 128 valence electrons. The second-order valence-corrected chi connectivity index (χ2v) is 10.7. The third-order valence-electron chi connectivity index (χ3n) is 5.54. The molecule has 0 radical (unpaired) electrons. The number of hydrogen-bond acceptors (Lipinski definition) is 3. The van der Waals surface area contributed by atoms with E-state index < -0.39 is 0 Å². The Morgan fingerprint density at radius 2 is 1.48 bits per heavy atom. The first-order valence-electron chi connectivity index (χ1n) is 8.86.